The Labute approximate surface area is 155 Å². The van der Waals surface area contributed by atoms with Crippen molar-refractivity contribution in [3.63, 3.8) is 0 Å². The predicted octanol–water partition coefficient (Wildman–Crippen LogP) is 1.81. The van der Waals surface area contributed by atoms with Crippen LogP contribution in [0.5, 0.6) is 0 Å². The van der Waals surface area contributed by atoms with Crippen LogP contribution in [0, 0.1) is 5.92 Å². The summed E-state index contributed by atoms with van der Waals surface area (Å²) in [6.07, 6.45) is 0.653. The van der Waals surface area contributed by atoms with Gasteiger partial charge in [-0.15, -0.1) is 0 Å². The molecule has 26 heavy (non-hydrogen) atoms. The van der Waals surface area contributed by atoms with E-state index >= 15 is 0 Å². The average molecular weight is 378 g/mol. The fourth-order valence-corrected chi connectivity index (χ4v) is 5.48. The first kappa shape index (κ1) is 18.9. The molecule has 7 heteroatoms. The summed E-state index contributed by atoms with van der Waals surface area (Å²) in [5, 5.41) is 0. The molecule has 2 atom stereocenters. The second-order valence-electron chi connectivity index (χ2n) is 7.66. The summed E-state index contributed by atoms with van der Waals surface area (Å²) < 4.78 is 23.3. The van der Waals surface area contributed by atoms with Crippen LogP contribution < -0.4 is 4.90 Å². The summed E-state index contributed by atoms with van der Waals surface area (Å²) in [5.41, 5.74) is 2.01. The van der Waals surface area contributed by atoms with E-state index in [9.17, 15) is 18.0 Å². The Morgan fingerprint density at radius 1 is 1.23 bits per heavy atom. The van der Waals surface area contributed by atoms with E-state index in [4.69, 9.17) is 0 Å². The summed E-state index contributed by atoms with van der Waals surface area (Å²) in [6, 6.07) is 7.60. The normalized spacial score (nSPS) is 25.1. The number of rotatable bonds is 4. The van der Waals surface area contributed by atoms with E-state index in [1.54, 1.807) is 11.9 Å². The van der Waals surface area contributed by atoms with Crippen LogP contribution in [0.3, 0.4) is 0 Å². The average Bonchev–Trinajstić information content (AvgIpc) is 3.16. The molecular formula is C19H26N2O4S. The fourth-order valence-electron chi connectivity index (χ4n) is 3.71. The maximum atomic E-state index is 12.8. The molecule has 2 amide bonds. The summed E-state index contributed by atoms with van der Waals surface area (Å²) >= 11 is 0. The van der Waals surface area contributed by atoms with Crippen LogP contribution in [0.1, 0.15) is 38.2 Å². The number of amides is 2. The molecule has 0 N–H and O–H groups in total. The highest BCUT2D eigenvalue weighted by atomic mass is 32.2. The molecule has 0 bridgehead atoms. The molecule has 1 aromatic carbocycles. The van der Waals surface area contributed by atoms with Crippen LogP contribution in [0.25, 0.3) is 0 Å². The van der Waals surface area contributed by atoms with E-state index in [0.717, 1.165) is 5.69 Å². The molecule has 3 rings (SSSR count). The quantitative estimate of drug-likeness (QED) is 0.801. The van der Waals surface area contributed by atoms with Crippen molar-refractivity contribution in [3.8, 4) is 0 Å². The van der Waals surface area contributed by atoms with Gasteiger partial charge in [0.1, 0.15) is 0 Å². The molecule has 2 unspecified atom stereocenters. The van der Waals surface area contributed by atoms with Crippen LogP contribution in [-0.2, 0) is 19.4 Å². The molecule has 0 aromatic heterocycles. The van der Waals surface area contributed by atoms with Crippen LogP contribution >= 0.6 is 0 Å². The molecule has 2 aliphatic heterocycles. The van der Waals surface area contributed by atoms with Gasteiger partial charge in [0.25, 0.3) is 0 Å². The highest BCUT2D eigenvalue weighted by Crippen LogP contribution is 2.29. The van der Waals surface area contributed by atoms with Gasteiger partial charge in [-0.25, -0.2) is 8.42 Å². The molecule has 142 valence electrons. The van der Waals surface area contributed by atoms with Crippen molar-refractivity contribution in [3.05, 3.63) is 29.8 Å². The number of hydrogen-bond donors (Lipinski definition) is 0. The van der Waals surface area contributed by atoms with Crippen molar-refractivity contribution in [1.29, 1.82) is 0 Å². The molecule has 6 nitrogen and oxygen atoms in total. The van der Waals surface area contributed by atoms with Crippen LogP contribution in [0.4, 0.5) is 5.69 Å². The molecule has 0 aliphatic carbocycles. The van der Waals surface area contributed by atoms with Crippen molar-refractivity contribution in [2.24, 2.45) is 5.92 Å². The smallest absolute Gasteiger partial charge is 0.228 e. The number of hydrogen-bond acceptors (Lipinski definition) is 4. The molecule has 2 saturated heterocycles. The molecule has 2 heterocycles. The highest BCUT2D eigenvalue weighted by Gasteiger charge is 2.40. The van der Waals surface area contributed by atoms with E-state index in [2.05, 4.69) is 13.8 Å². The first-order valence-electron chi connectivity index (χ1n) is 9.05. The predicted molar refractivity (Wildman–Crippen MR) is 101 cm³/mol. The van der Waals surface area contributed by atoms with Gasteiger partial charge in [-0.05, 0) is 30.0 Å². The zero-order valence-corrected chi connectivity index (χ0v) is 16.3. The summed E-state index contributed by atoms with van der Waals surface area (Å²) in [7, 11) is -1.39. The van der Waals surface area contributed by atoms with Gasteiger partial charge in [0.05, 0.1) is 17.4 Å². The first-order valence-corrected chi connectivity index (χ1v) is 10.9. The van der Waals surface area contributed by atoms with Crippen molar-refractivity contribution in [1.82, 2.24) is 4.90 Å². The topological polar surface area (TPSA) is 74.8 Å². The maximum absolute atomic E-state index is 12.8. The molecule has 2 aliphatic rings. The Balaban J connectivity index is 1.68. The maximum Gasteiger partial charge on any atom is 0.228 e. The Hall–Kier alpha value is -1.89. The Bertz CT molecular complexity index is 801. The third kappa shape index (κ3) is 3.77. The van der Waals surface area contributed by atoms with Gasteiger partial charge in [-0.2, -0.15) is 0 Å². The Morgan fingerprint density at radius 2 is 1.88 bits per heavy atom. The number of carbonyl (C=O) groups is 2. The van der Waals surface area contributed by atoms with Crippen molar-refractivity contribution < 1.29 is 18.0 Å². The third-order valence-corrected chi connectivity index (χ3v) is 7.20. The van der Waals surface area contributed by atoms with E-state index in [-0.39, 0.29) is 35.8 Å². The zero-order chi connectivity index (χ0) is 19.1. The number of carbonyl (C=O) groups excluding carboxylic acids is 2. The van der Waals surface area contributed by atoms with Gasteiger partial charge < -0.3 is 9.80 Å². The summed E-state index contributed by atoms with van der Waals surface area (Å²) in [6.45, 7) is 4.58. The SMILES string of the molecule is CC(C)c1ccc(N2CC(C(=O)N(C)C3CCS(=O)(=O)C3)CC2=O)cc1. The van der Waals surface area contributed by atoms with Crippen molar-refractivity contribution in [2.45, 2.75) is 38.6 Å². The van der Waals surface area contributed by atoms with Gasteiger partial charge >= 0.3 is 0 Å². The number of nitrogens with zero attached hydrogens (tertiary/aromatic N) is 2. The molecule has 0 spiro atoms. The molecule has 2 fully saturated rings. The van der Waals surface area contributed by atoms with Gasteiger partial charge in [0, 0.05) is 31.7 Å². The number of benzene rings is 1. The fraction of sp³-hybridized carbons (Fsp3) is 0.579. The van der Waals surface area contributed by atoms with E-state index < -0.39 is 15.8 Å². The second kappa shape index (κ2) is 7.02. The number of anilines is 1. The van der Waals surface area contributed by atoms with Gasteiger partial charge in [-0.1, -0.05) is 26.0 Å². The zero-order valence-electron chi connectivity index (χ0n) is 15.5. The molecule has 1 aromatic rings. The lowest BCUT2D eigenvalue weighted by Gasteiger charge is -2.26. The summed E-state index contributed by atoms with van der Waals surface area (Å²) in [4.78, 5) is 28.4. The standard InChI is InChI=1S/C19H26N2O4S/c1-13(2)14-4-6-16(7-5-14)21-11-15(10-18(21)22)19(23)20(3)17-8-9-26(24,25)12-17/h4-7,13,15,17H,8-12H2,1-3H3. The Kier molecular flexibility index (Phi) is 5.10. The lowest BCUT2D eigenvalue weighted by Crippen LogP contribution is -2.42. The highest BCUT2D eigenvalue weighted by molar-refractivity contribution is 7.91. The minimum Gasteiger partial charge on any atom is -0.341 e. The lowest BCUT2D eigenvalue weighted by molar-refractivity contribution is -0.136. The van der Waals surface area contributed by atoms with Gasteiger partial charge in [0.15, 0.2) is 9.84 Å². The lowest BCUT2D eigenvalue weighted by atomic mass is 10.0. The van der Waals surface area contributed by atoms with Crippen molar-refractivity contribution in [2.75, 3.05) is 30.0 Å². The van der Waals surface area contributed by atoms with Crippen molar-refractivity contribution >= 4 is 27.3 Å². The molecular weight excluding hydrogens is 352 g/mol. The first-order chi connectivity index (χ1) is 12.2. The van der Waals surface area contributed by atoms with Gasteiger partial charge in [-0.3, -0.25) is 9.59 Å². The van der Waals surface area contributed by atoms with E-state index in [0.29, 0.717) is 18.9 Å². The molecule has 0 saturated carbocycles. The largest absolute Gasteiger partial charge is 0.341 e. The number of sulfone groups is 1. The van der Waals surface area contributed by atoms with E-state index in [1.165, 1.54) is 10.5 Å². The summed E-state index contributed by atoms with van der Waals surface area (Å²) in [5.74, 6) is -0.0387. The second-order valence-corrected chi connectivity index (χ2v) is 9.89. The van der Waals surface area contributed by atoms with Crippen LogP contribution in [0.15, 0.2) is 24.3 Å². The van der Waals surface area contributed by atoms with E-state index in [1.807, 2.05) is 24.3 Å². The monoisotopic (exact) mass is 378 g/mol. The Morgan fingerprint density at radius 3 is 2.42 bits per heavy atom. The molecule has 0 radical (unpaired) electrons. The minimum absolute atomic E-state index is 0.0241. The minimum atomic E-state index is -3.04. The van der Waals surface area contributed by atoms with Crippen LogP contribution in [0.2, 0.25) is 0 Å². The third-order valence-electron chi connectivity index (χ3n) is 5.45. The van der Waals surface area contributed by atoms with Crippen LogP contribution in [-0.4, -0.2) is 56.3 Å². The van der Waals surface area contributed by atoms with Gasteiger partial charge in [0.2, 0.25) is 11.8 Å².